The summed E-state index contributed by atoms with van der Waals surface area (Å²) in [5, 5.41) is 8.35. The number of hydrogen-bond acceptors (Lipinski definition) is 4. The van der Waals surface area contributed by atoms with E-state index in [1.165, 1.54) is 7.11 Å². The number of thioether (sulfide) groups is 1. The Hall–Kier alpha value is -0.690. The molecule has 0 atom stereocenters. The molecule has 0 aromatic heterocycles. The summed E-state index contributed by atoms with van der Waals surface area (Å²) in [6, 6.07) is 2.08. The van der Waals surface area contributed by atoms with Crippen LogP contribution >= 0.6 is 11.8 Å². The topological polar surface area (TPSA) is 50.1 Å². The maximum atomic E-state index is 11.0. The molecule has 4 heteroatoms. The van der Waals surface area contributed by atoms with Crippen molar-refractivity contribution in [2.75, 3.05) is 18.6 Å². The van der Waals surface area contributed by atoms with E-state index in [1.54, 1.807) is 11.8 Å². The Bertz CT molecular complexity index is 230. The van der Waals surface area contributed by atoms with Crippen molar-refractivity contribution in [1.29, 1.82) is 5.26 Å². The highest BCUT2D eigenvalue weighted by Gasteiger charge is 2.44. The van der Waals surface area contributed by atoms with Gasteiger partial charge in [0, 0.05) is 5.75 Å². The summed E-state index contributed by atoms with van der Waals surface area (Å²) in [7, 11) is 1.42. The standard InChI is InChI=1S/C9H13NO2S/c1-12-8(11)6-9(2-3-9)7-13-5-4-10/h2-3,5-7H2,1H3. The summed E-state index contributed by atoms with van der Waals surface area (Å²) in [5.74, 6) is 1.30. The second kappa shape index (κ2) is 4.52. The van der Waals surface area contributed by atoms with E-state index in [0.717, 1.165) is 18.6 Å². The summed E-state index contributed by atoms with van der Waals surface area (Å²) in [6.07, 6.45) is 2.71. The van der Waals surface area contributed by atoms with Gasteiger partial charge in [-0.1, -0.05) is 0 Å². The van der Waals surface area contributed by atoms with Crippen molar-refractivity contribution >= 4 is 17.7 Å². The SMILES string of the molecule is COC(=O)CC1(CSCC#N)CC1. The molecule has 0 bridgehead atoms. The summed E-state index contributed by atoms with van der Waals surface area (Å²) >= 11 is 1.61. The van der Waals surface area contributed by atoms with Crippen LogP contribution in [0.15, 0.2) is 0 Å². The first-order chi connectivity index (χ1) is 6.22. The molecule has 0 unspecified atom stereocenters. The van der Waals surface area contributed by atoms with Crippen LogP contribution in [0.1, 0.15) is 19.3 Å². The van der Waals surface area contributed by atoms with Crippen molar-refractivity contribution < 1.29 is 9.53 Å². The first-order valence-electron chi connectivity index (χ1n) is 4.24. The molecule has 13 heavy (non-hydrogen) atoms. The zero-order valence-electron chi connectivity index (χ0n) is 7.71. The van der Waals surface area contributed by atoms with Gasteiger partial charge < -0.3 is 4.74 Å². The third-order valence-corrected chi connectivity index (χ3v) is 3.43. The second-order valence-electron chi connectivity index (χ2n) is 3.40. The second-order valence-corrected chi connectivity index (χ2v) is 4.39. The first kappa shape index (κ1) is 10.4. The van der Waals surface area contributed by atoms with Crippen LogP contribution in [0.5, 0.6) is 0 Å². The van der Waals surface area contributed by atoms with E-state index in [-0.39, 0.29) is 11.4 Å². The van der Waals surface area contributed by atoms with Crippen LogP contribution < -0.4 is 0 Å². The number of esters is 1. The number of hydrogen-bond donors (Lipinski definition) is 0. The van der Waals surface area contributed by atoms with E-state index in [0.29, 0.717) is 12.2 Å². The van der Waals surface area contributed by atoms with Gasteiger partial charge in [0.15, 0.2) is 0 Å². The fraction of sp³-hybridized carbons (Fsp3) is 0.778. The Morgan fingerprint density at radius 2 is 2.38 bits per heavy atom. The minimum absolute atomic E-state index is 0.130. The van der Waals surface area contributed by atoms with Crippen LogP contribution in [0.2, 0.25) is 0 Å². The van der Waals surface area contributed by atoms with Gasteiger partial charge in [0.25, 0.3) is 0 Å². The minimum atomic E-state index is -0.130. The molecular weight excluding hydrogens is 186 g/mol. The number of methoxy groups -OCH3 is 1. The molecule has 1 rings (SSSR count). The first-order valence-corrected chi connectivity index (χ1v) is 5.39. The Labute approximate surface area is 82.4 Å². The van der Waals surface area contributed by atoms with E-state index in [2.05, 4.69) is 10.8 Å². The fourth-order valence-electron chi connectivity index (χ4n) is 1.24. The summed E-state index contributed by atoms with van der Waals surface area (Å²) in [6.45, 7) is 0. The van der Waals surface area contributed by atoms with E-state index in [9.17, 15) is 4.79 Å². The molecule has 72 valence electrons. The van der Waals surface area contributed by atoms with Crippen molar-refractivity contribution in [3.8, 4) is 6.07 Å². The van der Waals surface area contributed by atoms with Crippen LogP contribution in [0.4, 0.5) is 0 Å². The van der Waals surface area contributed by atoms with Crippen molar-refractivity contribution in [3.05, 3.63) is 0 Å². The van der Waals surface area contributed by atoms with E-state index in [1.807, 2.05) is 0 Å². The Kier molecular flexibility index (Phi) is 3.61. The average molecular weight is 199 g/mol. The monoisotopic (exact) mass is 199 g/mol. The molecule has 0 aliphatic heterocycles. The number of nitrogens with zero attached hydrogens (tertiary/aromatic N) is 1. The minimum Gasteiger partial charge on any atom is -0.469 e. The normalized spacial score (nSPS) is 17.5. The molecule has 0 spiro atoms. The molecule has 0 saturated heterocycles. The third kappa shape index (κ3) is 3.27. The van der Waals surface area contributed by atoms with Crippen LogP contribution in [0.25, 0.3) is 0 Å². The number of carbonyl (C=O) groups is 1. The number of rotatable bonds is 5. The lowest BCUT2D eigenvalue weighted by Gasteiger charge is -2.11. The lowest BCUT2D eigenvalue weighted by Crippen LogP contribution is -2.13. The lowest BCUT2D eigenvalue weighted by atomic mass is 10.1. The average Bonchev–Trinajstić information content (AvgIpc) is 2.86. The van der Waals surface area contributed by atoms with Gasteiger partial charge in [0.1, 0.15) is 0 Å². The predicted octanol–water partition coefficient (Wildman–Crippen LogP) is 1.59. The largest absolute Gasteiger partial charge is 0.469 e. The summed E-state index contributed by atoms with van der Waals surface area (Å²) < 4.78 is 4.62. The molecule has 0 aromatic carbocycles. The smallest absolute Gasteiger partial charge is 0.306 e. The van der Waals surface area contributed by atoms with Crippen molar-refractivity contribution in [2.24, 2.45) is 5.41 Å². The van der Waals surface area contributed by atoms with Gasteiger partial charge in [-0.3, -0.25) is 4.79 Å². The van der Waals surface area contributed by atoms with Crippen LogP contribution in [0, 0.1) is 16.7 Å². The van der Waals surface area contributed by atoms with Crippen LogP contribution in [0.3, 0.4) is 0 Å². The summed E-state index contributed by atoms with van der Waals surface area (Å²) in [5.41, 5.74) is 0.161. The highest BCUT2D eigenvalue weighted by molar-refractivity contribution is 7.99. The highest BCUT2D eigenvalue weighted by atomic mass is 32.2. The molecule has 1 fully saturated rings. The summed E-state index contributed by atoms with van der Waals surface area (Å²) in [4.78, 5) is 11.0. The number of nitriles is 1. The van der Waals surface area contributed by atoms with Gasteiger partial charge in [-0.15, -0.1) is 11.8 Å². The van der Waals surface area contributed by atoms with Crippen molar-refractivity contribution in [2.45, 2.75) is 19.3 Å². The zero-order chi connectivity index (χ0) is 9.73. The highest BCUT2D eigenvalue weighted by Crippen LogP contribution is 2.51. The number of ether oxygens (including phenoxy) is 1. The molecule has 0 radical (unpaired) electrons. The van der Waals surface area contributed by atoms with E-state index < -0.39 is 0 Å². The van der Waals surface area contributed by atoms with Crippen molar-refractivity contribution in [1.82, 2.24) is 0 Å². The molecular formula is C9H13NO2S. The van der Waals surface area contributed by atoms with Crippen LogP contribution in [-0.4, -0.2) is 24.6 Å². The predicted molar refractivity (Wildman–Crippen MR) is 51.2 cm³/mol. The molecule has 1 aliphatic rings. The maximum absolute atomic E-state index is 11.0. The molecule has 0 N–H and O–H groups in total. The van der Waals surface area contributed by atoms with Gasteiger partial charge in [-0.05, 0) is 18.3 Å². The molecule has 1 aliphatic carbocycles. The quantitative estimate of drug-likeness (QED) is 0.498. The molecule has 0 amide bonds. The molecule has 0 aromatic rings. The van der Waals surface area contributed by atoms with Gasteiger partial charge in [0.05, 0.1) is 25.4 Å². The fourth-order valence-corrected chi connectivity index (χ4v) is 2.26. The maximum Gasteiger partial charge on any atom is 0.306 e. The Morgan fingerprint density at radius 1 is 1.69 bits per heavy atom. The van der Waals surface area contributed by atoms with E-state index in [4.69, 9.17) is 5.26 Å². The van der Waals surface area contributed by atoms with Crippen molar-refractivity contribution in [3.63, 3.8) is 0 Å². The number of carbonyl (C=O) groups excluding carboxylic acids is 1. The molecule has 0 heterocycles. The molecule has 3 nitrogen and oxygen atoms in total. The van der Waals surface area contributed by atoms with Gasteiger partial charge in [0.2, 0.25) is 0 Å². The lowest BCUT2D eigenvalue weighted by molar-refractivity contribution is -0.141. The van der Waals surface area contributed by atoms with Gasteiger partial charge in [-0.25, -0.2) is 0 Å². The van der Waals surface area contributed by atoms with Gasteiger partial charge in [-0.2, -0.15) is 5.26 Å². The molecule has 1 saturated carbocycles. The zero-order valence-corrected chi connectivity index (χ0v) is 8.52. The van der Waals surface area contributed by atoms with E-state index >= 15 is 0 Å². The van der Waals surface area contributed by atoms with Gasteiger partial charge >= 0.3 is 5.97 Å². The third-order valence-electron chi connectivity index (χ3n) is 2.28. The van der Waals surface area contributed by atoms with Crippen LogP contribution in [-0.2, 0) is 9.53 Å². The Morgan fingerprint density at radius 3 is 2.85 bits per heavy atom. The Balaban J connectivity index is 2.23.